The van der Waals surface area contributed by atoms with E-state index in [1.165, 1.54) is 0 Å². The Bertz CT molecular complexity index is 99.8. The second-order valence-corrected chi connectivity index (χ2v) is 3.09. The SMILES string of the molecule is OC[C@](O)(Cl)[C@@](O)(Cl)CO. The normalized spacial score (nSPS) is 23.4. The highest BCUT2D eigenvalue weighted by molar-refractivity contribution is 6.33. The average Bonchev–Trinajstić information content (AvgIpc) is 1.88. The van der Waals surface area contributed by atoms with E-state index in [9.17, 15) is 0 Å². The smallest absolute Gasteiger partial charge is 0.207 e. The molecule has 4 nitrogen and oxygen atoms in total. The van der Waals surface area contributed by atoms with Gasteiger partial charge in [0.2, 0.25) is 10.1 Å². The summed E-state index contributed by atoms with van der Waals surface area (Å²) in [7, 11) is 0. The molecule has 0 fully saturated rings. The predicted octanol–water partition coefficient (Wildman–Crippen LogP) is -1.17. The third-order valence-electron chi connectivity index (χ3n) is 1.01. The molecular weight excluding hydrogens is 183 g/mol. The van der Waals surface area contributed by atoms with Gasteiger partial charge in [-0.2, -0.15) is 0 Å². The van der Waals surface area contributed by atoms with Crippen LogP contribution < -0.4 is 0 Å². The average molecular weight is 191 g/mol. The fourth-order valence-corrected chi connectivity index (χ4v) is 0.362. The molecule has 0 aromatic rings. The van der Waals surface area contributed by atoms with E-state index in [1.807, 2.05) is 0 Å². The maximum atomic E-state index is 8.82. The van der Waals surface area contributed by atoms with E-state index in [-0.39, 0.29) is 0 Å². The number of rotatable bonds is 3. The molecule has 0 radical (unpaired) electrons. The summed E-state index contributed by atoms with van der Waals surface area (Å²) in [5.41, 5.74) is 0. The van der Waals surface area contributed by atoms with Gasteiger partial charge in [0.15, 0.2) is 0 Å². The molecule has 0 amide bonds. The third kappa shape index (κ3) is 1.95. The maximum absolute atomic E-state index is 8.82. The highest BCUT2D eigenvalue weighted by Gasteiger charge is 2.46. The molecule has 0 bridgehead atoms. The summed E-state index contributed by atoms with van der Waals surface area (Å²) in [6.07, 6.45) is 0. The lowest BCUT2D eigenvalue weighted by Crippen LogP contribution is -2.51. The zero-order valence-corrected chi connectivity index (χ0v) is 6.47. The van der Waals surface area contributed by atoms with Crippen molar-refractivity contribution in [3.8, 4) is 0 Å². The summed E-state index contributed by atoms with van der Waals surface area (Å²) in [4.78, 5) is 0. The Morgan fingerprint density at radius 1 is 0.900 bits per heavy atom. The molecule has 0 aliphatic heterocycles. The minimum absolute atomic E-state index is 0.949. The van der Waals surface area contributed by atoms with Crippen molar-refractivity contribution in [1.29, 1.82) is 0 Å². The highest BCUT2D eigenvalue weighted by Crippen LogP contribution is 2.29. The fraction of sp³-hybridized carbons (Fsp3) is 1.00. The Labute approximate surface area is 67.6 Å². The molecular formula is C4H8Cl2O4. The first-order valence-electron chi connectivity index (χ1n) is 2.41. The van der Waals surface area contributed by atoms with Crippen molar-refractivity contribution in [2.45, 2.75) is 10.1 Å². The molecule has 0 aromatic heterocycles. The van der Waals surface area contributed by atoms with Gasteiger partial charge in [-0.25, -0.2) is 0 Å². The van der Waals surface area contributed by atoms with Crippen molar-refractivity contribution in [1.82, 2.24) is 0 Å². The van der Waals surface area contributed by atoms with E-state index < -0.39 is 23.3 Å². The molecule has 0 saturated heterocycles. The van der Waals surface area contributed by atoms with E-state index >= 15 is 0 Å². The Balaban J connectivity index is 4.28. The summed E-state index contributed by atoms with van der Waals surface area (Å²) in [6, 6.07) is 0. The van der Waals surface area contributed by atoms with Gasteiger partial charge in [-0.1, -0.05) is 23.2 Å². The number of halogens is 2. The van der Waals surface area contributed by atoms with E-state index in [4.69, 9.17) is 43.6 Å². The Kier molecular flexibility index (Phi) is 3.35. The van der Waals surface area contributed by atoms with Gasteiger partial charge < -0.3 is 20.4 Å². The van der Waals surface area contributed by atoms with Crippen LogP contribution in [0.5, 0.6) is 0 Å². The summed E-state index contributed by atoms with van der Waals surface area (Å²) in [5.74, 6) is 0. The second kappa shape index (κ2) is 3.21. The van der Waals surface area contributed by atoms with Gasteiger partial charge in [0.05, 0.1) is 13.2 Å². The maximum Gasteiger partial charge on any atom is 0.207 e. The molecule has 0 unspecified atom stereocenters. The molecule has 6 heteroatoms. The number of hydrogen-bond acceptors (Lipinski definition) is 4. The van der Waals surface area contributed by atoms with E-state index in [2.05, 4.69) is 0 Å². The molecule has 2 atom stereocenters. The van der Waals surface area contributed by atoms with Crippen molar-refractivity contribution in [3.05, 3.63) is 0 Å². The summed E-state index contributed by atoms with van der Waals surface area (Å²) in [6.45, 7) is -1.90. The van der Waals surface area contributed by atoms with Gasteiger partial charge in [-0.15, -0.1) is 0 Å². The van der Waals surface area contributed by atoms with Crippen molar-refractivity contribution in [2.75, 3.05) is 13.2 Å². The lowest BCUT2D eigenvalue weighted by Gasteiger charge is -2.30. The predicted molar refractivity (Wildman–Crippen MR) is 35.8 cm³/mol. The van der Waals surface area contributed by atoms with E-state index in [0.29, 0.717) is 0 Å². The fourth-order valence-electron chi connectivity index (χ4n) is 0.242. The molecule has 0 aliphatic rings. The van der Waals surface area contributed by atoms with E-state index in [0.717, 1.165) is 0 Å². The summed E-state index contributed by atoms with van der Waals surface area (Å²) >= 11 is 10.2. The Morgan fingerprint density at radius 3 is 1.20 bits per heavy atom. The number of hydrogen-bond donors (Lipinski definition) is 4. The summed E-state index contributed by atoms with van der Waals surface area (Å²) < 4.78 is 0. The van der Waals surface area contributed by atoms with Gasteiger partial charge in [-0.3, -0.25) is 0 Å². The van der Waals surface area contributed by atoms with Crippen LogP contribution in [0.25, 0.3) is 0 Å². The number of alkyl halides is 2. The van der Waals surface area contributed by atoms with Crippen LogP contribution in [0.2, 0.25) is 0 Å². The molecule has 62 valence electrons. The van der Waals surface area contributed by atoms with Crippen LogP contribution in [0.1, 0.15) is 0 Å². The highest BCUT2D eigenvalue weighted by atomic mass is 35.5. The Morgan fingerprint density at radius 2 is 1.10 bits per heavy atom. The minimum Gasteiger partial charge on any atom is -0.392 e. The van der Waals surface area contributed by atoms with Crippen LogP contribution in [-0.4, -0.2) is 43.8 Å². The lowest BCUT2D eigenvalue weighted by atomic mass is 10.2. The van der Waals surface area contributed by atoms with Gasteiger partial charge >= 0.3 is 0 Å². The van der Waals surface area contributed by atoms with Crippen LogP contribution >= 0.6 is 23.2 Å². The zero-order valence-electron chi connectivity index (χ0n) is 4.96. The monoisotopic (exact) mass is 190 g/mol. The molecule has 0 heterocycles. The van der Waals surface area contributed by atoms with Crippen molar-refractivity contribution in [3.63, 3.8) is 0 Å². The molecule has 4 N–H and O–H groups in total. The minimum atomic E-state index is -2.41. The number of aliphatic hydroxyl groups excluding tert-OH is 2. The number of aliphatic hydroxyl groups is 4. The first-order chi connectivity index (χ1) is 4.37. The van der Waals surface area contributed by atoms with Crippen molar-refractivity contribution in [2.24, 2.45) is 0 Å². The second-order valence-electron chi connectivity index (χ2n) is 1.83. The van der Waals surface area contributed by atoms with Crippen LogP contribution in [0, 0.1) is 0 Å². The van der Waals surface area contributed by atoms with Gasteiger partial charge in [0.25, 0.3) is 0 Å². The first kappa shape index (κ1) is 10.4. The van der Waals surface area contributed by atoms with Gasteiger partial charge in [0, 0.05) is 0 Å². The molecule has 10 heavy (non-hydrogen) atoms. The topological polar surface area (TPSA) is 80.9 Å². The molecule has 0 spiro atoms. The van der Waals surface area contributed by atoms with Crippen LogP contribution in [0.4, 0.5) is 0 Å². The van der Waals surface area contributed by atoms with E-state index in [1.54, 1.807) is 0 Å². The lowest BCUT2D eigenvalue weighted by molar-refractivity contribution is -0.0938. The van der Waals surface area contributed by atoms with Crippen LogP contribution in [0.15, 0.2) is 0 Å². The van der Waals surface area contributed by atoms with Crippen LogP contribution in [-0.2, 0) is 0 Å². The molecule has 0 aliphatic carbocycles. The van der Waals surface area contributed by atoms with Gasteiger partial charge in [-0.05, 0) is 0 Å². The summed E-state index contributed by atoms with van der Waals surface area (Å²) in [5, 5.41) is 29.5. The van der Waals surface area contributed by atoms with Crippen molar-refractivity contribution < 1.29 is 20.4 Å². The third-order valence-corrected chi connectivity index (χ3v) is 1.97. The Hall–Kier alpha value is 0.420. The standard InChI is InChI=1S/C4H8Cl2O4/c5-3(9,1-7)4(6,10)2-8/h7-10H,1-2H2/t3-,4-/m1/s1. The molecule has 0 saturated carbocycles. The largest absolute Gasteiger partial charge is 0.392 e. The van der Waals surface area contributed by atoms with Crippen LogP contribution in [0.3, 0.4) is 0 Å². The zero-order chi connectivity index (χ0) is 8.41. The molecule has 0 rings (SSSR count). The first-order valence-corrected chi connectivity index (χ1v) is 3.17. The van der Waals surface area contributed by atoms with Gasteiger partial charge in [0.1, 0.15) is 0 Å². The quantitative estimate of drug-likeness (QED) is 0.423. The molecule has 0 aromatic carbocycles. The van der Waals surface area contributed by atoms with Crippen molar-refractivity contribution >= 4 is 23.2 Å².